The summed E-state index contributed by atoms with van der Waals surface area (Å²) in [5, 5.41) is 5.37. The van der Waals surface area contributed by atoms with E-state index in [-0.39, 0.29) is 24.3 Å². The van der Waals surface area contributed by atoms with Gasteiger partial charge in [-0.05, 0) is 29.2 Å². The molecule has 0 spiro atoms. The van der Waals surface area contributed by atoms with Crippen LogP contribution in [0.3, 0.4) is 0 Å². The van der Waals surface area contributed by atoms with Gasteiger partial charge in [0.05, 0.1) is 29.9 Å². The molecular weight excluding hydrogens is 366 g/mol. The SMILES string of the molecule is CC(C)[C@H](N)C(=O)NCC(=O)NCc1ccc(Cn2cnc3ccccc32)cc1. The Kier molecular flexibility index (Phi) is 6.61. The number of rotatable bonds is 8. The fourth-order valence-electron chi connectivity index (χ4n) is 2.95. The number of fused-ring (bicyclic) bond motifs is 1. The number of aromatic nitrogens is 2. The summed E-state index contributed by atoms with van der Waals surface area (Å²) >= 11 is 0. The van der Waals surface area contributed by atoms with Gasteiger partial charge in [-0.25, -0.2) is 4.98 Å². The van der Waals surface area contributed by atoms with Crippen molar-refractivity contribution in [2.75, 3.05) is 6.54 Å². The molecule has 0 fully saturated rings. The van der Waals surface area contributed by atoms with Crippen molar-refractivity contribution < 1.29 is 9.59 Å². The van der Waals surface area contributed by atoms with Crippen LogP contribution in [0.4, 0.5) is 0 Å². The highest BCUT2D eigenvalue weighted by Gasteiger charge is 2.17. The Labute approximate surface area is 170 Å². The van der Waals surface area contributed by atoms with Gasteiger partial charge in [0.15, 0.2) is 0 Å². The van der Waals surface area contributed by atoms with Crippen molar-refractivity contribution in [2.45, 2.75) is 33.0 Å². The lowest BCUT2D eigenvalue weighted by Crippen LogP contribution is -2.47. The van der Waals surface area contributed by atoms with Gasteiger partial charge in [0.1, 0.15) is 0 Å². The molecule has 3 rings (SSSR count). The van der Waals surface area contributed by atoms with E-state index in [1.165, 1.54) is 0 Å². The zero-order valence-electron chi connectivity index (χ0n) is 16.8. The molecule has 3 aromatic rings. The van der Waals surface area contributed by atoms with Crippen LogP contribution in [0, 0.1) is 5.92 Å². The largest absolute Gasteiger partial charge is 0.350 e. The molecule has 0 aliphatic carbocycles. The molecule has 7 heteroatoms. The van der Waals surface area contributed by atoms with Crippen LogP contribution in [0.15, 0.2) is 54.9 Å². The third kappa shape index (κ3) is 5.42. The Balaban J connectivity index is 1.48. The van der Waals surface area contributed by atoms with Crippen molar-refractivity contribution in [1.29, 1.82) is 0 Å². The van der Waals surface area contributed by atoms with Crippen molar-refractivity contribution in [2.24, 2.45) is 11.7 Å². The highest BCUT2D eigenvalue weighted by Crippen LogP contribution is 2.14. The maximum absolute atomic E-state index is 11.9. The summed E-state index contributed by atoms with van der Waals surface area (Å²) in [6, 6.07) is 15.5. The molecular formula is C22H27N5O2. The number of hydrogen-bond acceptors (Lipinski definition) is 4. The van der Waals surface area contributed by atoms with Crippen LogP contribution in [-0.4, -0.2) is 34.0 Å². The number of nitrogens with zero attached hydrogens (tertiary/aromatic N) is 2. The first-order valence-electron chi connectivity index (χ1n) is 9.71. The van der Waals surface area contributed by atoms with Crippen LogP contribution in [0.25, 0.3) is 11.0 Å². The zero-order valence-corrected chi connectivity index (χ0v) is 16.8. The minimum absolute atomic E-state index is 0.0249. The van der Waals surface area contributed by atoms with Gasteiger partial charge in [-0.15, -0.1) is 0 Å². The van der Waals surface area contributed by atoms with Gasteiger partial charge < -0.3 is 20.9 Å². The average Bonchev–Trinajstić information content (AvgIpc) is 3.13. The molecule has 0 unspecified atom stereocenters. The lowest BCUT2D eigenvalue weighted by Gasteiger charge is -2.15. The second-order valence-corrected chi connectivity index (χ2v) is 7.44. The molecule has 0 saturated heterocycles. The first-order valence-corrected chi connectivity index (χ1v) is 9.71. The highest BCUT2D eigenvalue weighted by atomic mass is 16.2. The number of benzene rings is 2. The molecule has 4 N–H and O–H groups in total. The predicted molar refractivity (Wildman–Crippen MR) is 113 cm³/mol. The molecule has 7 nitrogen and oxygen atoms in total. The molecule has 1 heterocycles. The number of nitrogens with two attached hydrogens (primary N) is 1. The van der Waals surface area contributed by atoms with Crippen LogP contribution in [-0.2, 0) is 22.7 Å². The summed E-state index contributed by atoms with van der Waals surface area (Å²) in [5.41, 5.74) is 9.97. The number of imidazole rings is 1. The molecule has 29 heavy (non-hydrogen) atoms. The quantitative estimate of drug-likeness (QED) is 0.543. The summed E-state index contributed by atoms with van der Waals surface area (Å²) in [5.74, 6) is -0.535. The first-order chi connectivity index (χ1) is 13.9. The van der Waals surface area contributed by atoms with E-state index in [1.54, 1.807) is 0 Å². The maximum atomic E-state index is 11.9. The van der Waals surface area contributed by atoms with Crippen LogP contribution < -0.4 is 16.4 Å². The van der Waals surface area contributed by atoms with Crippen molar-refractivity contribution >= 4 is 22.8 Å². The molecule has 0 bridgehead atoms. The van der Waals surface area contributed by atoms with E-state index in [2.05, 4.69) is 26.3 Å². The standard InChI is InChI=1S/C22H27N5O2/c1-15(2)21(23)22(29)25-12-20(28)24-11-16-7-9-17(10-8-16)13-27-14-26-18-5-3-4-6-19(18)27/h3-10,14-15,21H,11-13,23H2,1-2H3,(H,24,28)(H,25,29)/t21-/m0/s1. The lowest BCUT2D eigenvalue weighted by molar-refractivity contribution is -0.127. The Morgan fingerprint density at radius 1 is 1.03 bits per heavy atom. The molecule has 0 aliphatic heterocycles. The number of nitrogens with one attached hydrogen (secondary N) is 2. The Bertz CT molecular complexity index is 978. The molecule has 0 saturated carbocycles. The van der Waals surface area contributed by atoms with Gasteiger partial charge in [0, 0.05) is 13.1 Å². The third-order valence-electron chi connectivity index (χ3n) is 4.84. The Morgan fingerprint density at radius 3 is 2.45 bits per heavy atom. The first kappa shape index (κ1) is 20.5. The van der Waals surface area contributed by atoms with E-state index in [4.69, 9.17) is 5.73 Å². The predicted octanol–water partition coefficient (Wildman–Crippen LogP) is 1.80. The summed E-state index contributed by atoms with van der Waals surface area (Å²) in [4.78, 5) is 28.1. The number of carbonyl (C=O) groups is 2. The molecule has 2 amide bonds. The normalized spacial score (nSPS) is 12.1. The number of amides is 2. The maximum Gasteiger partial charge on any atom is 0.239 e. The van der Waals surface area contributed by atoms with Crippen molar-refractivity contribution in [1.82, 2.24) is 20.2 Å². The second-order valence-electron chi connectivity index (χ2n) is 7.44. The lowest BCUT2D eigenvalue weighted by atomic mass is 10.1. The molecule has 1 aromatic heterocycles. The molecule has 2 aromatic carbocycles. The second kappa shape index (κ2) is 9.34. The van der Waals surface area contributed by atoms with Crippen LogP contribution >= 0.6 is 0 Å². The molecule has 152 valence electrons. The van der Waals surface area contributed by atoms with Gasteiger partial charge >= 0.3 is 0 Å². The van der Waals surface area contributed by atoms with Gasteiger partial charge in [0.2, 0.25) is 11.8 Å². The minimum atomic E-state index is -0.608. The van der Waals surface area contributed by atoms with Crippen LogP contribution in [0.1, 0.15) is 25.0 Å². The number of hydrogen-bond donors (Lipinski definition) is 3. The Hall–Kier alpha value is -3.19. The monoisotopic (exact) mass is 393 g/mol. The van der Waals surface area contributed by atoms with Crippen molar-refractivity contribution in [3.05, 3.63) is 66.0 Å². The summed E-state index contributed by atoms with van der Waals surface area (Å²) in [6.07, 6.45) is 1.85. The molecule has 1 atom stereocenters. The third-order valence-corrected chi connectivity index (χ3v) is 4.84. The minimum Gasteiger partial charge on any atom is -0.350 e. The smallest absolute Gasteiger partial charge is 0.239 e. The average molecular weight is 393 g/mol. The fraction of sp³-hybridized carbons (Fsp3) is 0.318. The highest BCUT2D eigenvalue weighted by molar-refractivity contribution is 5.87. The van der Waals surface area contributed by atoms with Gasteiger partial charge in [-0.3, -0.25) is 9.59 Å². The number of para-hydroxylation sites is 2. The van der Waals surface area contributed by atoms with Crippen molar-refractivity contribution in [3.63, 3.8) is 0 Å². The molecule has 0 aliphatic rings. The van der Waals surface area contributed by atoms with Gasteiger partial charge in [-0.2, -0.15) is 0 Å². The van der Waals surface area contributed by atoms with E-state index in [0.29, 0.717) is 6.54 Å². The van der Waals surface area contributed by atoms with E-state index < -0.39 is 6.04 Å². The van der Waals surface area contributed by atoms with Crippen LogP contribution in [0.5, 0.6) is 0 Å². The van der Waals surface area contributed by atoms with E-state index in [1.807, 2.05) is 62.6 Å². The topological polar surface area (TPSA) is 102 Å². The molecule has 0 radical (unpaired) electrons. The summed E-state index contributed by atoms with van der Waals surface area (Å²) in [6.45, 7) is 4.78. The summed E-state index contributed by atoms with van der Waals surface area (Å²) in [7, 11) is 0. The van der Waals surface area contributed by atoms with Gasteiger partial charge in [-0.1, -0.05) is 50.2 Å². The van der Waals surface area contributed by atoms with Crippen LogP contribution in [0.2, 0.25) is 0 Å². The Morgan fingerprint density at radius 2 is 1.72 bits per heavy atom. The fourth-order valence-corrected chi connectivity index (χ4v) is 2.95. The summed E-state index contributed by atoms with van der Waals surface area (Å²) < 4.78 is 2.11. The van der Waals surface area contributed by atoms with E-state index in [0.717, 1.165) is 28.7 Å². The zero-order chi connectivity index (χ0) is 20.8. The van der Waals surface area contributed by atoms with E-state index in [9.17, 15) is 9.59 Å². The van der Waals surface area contributed by atoms with Gasteiger partial charge in [0.25, 0.3) is 0 Å². The van der Waals surface area contributed by atoms with Crippen molar-refractivity contribution in [3.8, 4) is 0 Å². The van der Waals surface area contributed by atoms with E-state index >= 15 is 0 Å². The number of carbonyl (C=O) groups excluding carboxylic acids is 2.